The highest BCUT2D eigenvalue weighted by molar-refractivity contribution is 7.86. The molecule has 2 N–H and O–H groups in total. The lowest BCUT2D eigenvalue weighted by molar-refractivity contribution is -0.123. The van der Waals surface area contributed by atoms with E-state index in [0.717, 1.165) is 16.8 Å². The summed E-state index contributed by atoms with van der Waals surface area (Å²) >= 11 is 0. The standard InChI is InChI=1S/C22H27N3O4S.CH2O2/c1-15(2)24(3)30(27,28)25-13-12-22(18-10-5-6-11-19(18)23-21(22)26)20(25)16-8-7-9-17(14-16)29-4;2-1-3/h5-11,14-15,20H,12-13H2,1-4H3,(H,23,26);1H,(H,2,3)/t20-,22+;/m0./s1. The largest absolute Gasteiger partial charge is 0.497 e. The predicted octanol–water partition coefficient (Wildman–Crippen LogP) is 2.62. The maximum Gasteiger partial charge on any atom is 0.290 e. The van der Waals surface area contributed by atoms with Gasteiger partial charge in [-0.1, -0.05) is 30.3 Å². The van der Waals surface area contributed by atoms with Gasteiger partial charge in [0.1, 0.15) is 5.75 Å². The molecule has 9 nitrogen and oxygen atoms in total. The van der Waals surface area contributed by atoms with E-state index in [-0.39, 0.29) is 25.0 Å². The second kappa shape index (κ2) is 9.50. The summed E-state index contributed by atoms with van der Waals surface area (Å²) in [5.41, 5.74) is 1.33. The van der Waals surface area contributed by atoms with Crippen LogP contribution >= 0.6 is 0 Å². The Kier molecular flexibility index (Phi) is 7.11. The number of anilines is 1. The molecule has 0 unspecified atom stereocenters. The number of hydrogen-bond acceptors (Lipinski definition) is 5. The average molecular weight is 476 g/mol. The van der Waals surface area contributed by atoms with Crippen LogP contribution in [0.4, 0.5) is 5.69 Å². The zero-order valence-electron chi connectivity index (χ0n) is 19.1. The van der Waals surface area contributed by atoms with Gasteiger partial charge in [-0.2, -0.15) is 17.0 Å². The number of rotatable bonds is 5. The molecule has 178 valence electrons. The van der Waals surface area contributed by atoms with Crippen molar-refractivity contribution in [1.82, 2.24) is 8.61 Å². The Morgan fingerprint density at radius 2 is 1.91 bits per heavy atom. The minimum atomic E-state index is -3.80. The van der Waals surface area contributed by atoms with E-state index in [1.54, 1.807) is 14.2 Å². The van der Waals surface area contributed by atoms with Crippen LogP contribution in [0.2, 0.25) is 0 Å². The number of amides is 1. The summed E-state index contributed by atoms with van der Waals surface area (Å²) < 4.78 is 35.3. The van der Waals surface area contributed by atoms with E-state index in [1.165, 1.54) is 8.61 Å². The topological polar surface area (TPSA) is 116 Å². The number of fused-ring (bicyclic) bond motifs is 2. The molecule has 33 heavy (non-hydrogen) atoms. The smallest absolute Gasteiger partial charge is 0.290 e. The van der Waals surface area contributed by atoms with Crippen molar-refractivity contribution in [2.75, 3.05) is 26.0 Å². The number of para-hydroxylation sites is 1. The van der Waals surface area contributed by atoms with Crippen LogP contribution in [0.3, 0.4) is 0 Å². The number of benzene rings is 2. The third kappa shape index (κ3) is 4.09. The number of methoxy groups -OCH3 is 1. The molecule has 10 heteroatoms. The van der Waals surface area contributed by atoms with Crippen molar-refractivity contribution in [3.8, 4) is 5.75 Å². The number of ether oxygens (including phenoxy) is 1. The Morgan fingerprint density at radius 3 is 2.55 bits per heavy atom. The van der Waals surface area contributed by atoms with Crippen LogP contribution in [0.25, 0.3) is 0 Å². The zero-order valence-corrected chi connectivity index (χ0v) is 19.9. The average Bonchev–Trinajstić information content (AvgIpc) is 3.33. The molecule has 2 aromatic rings. The second-order valence-corrected chi connectivity index (χ2v) is 10.2. The van der Waals surface area contributed by atoms with Crippen molar-refractivity contribution < 1.29 is 27.9 Å². The number of nitrogens with zero attached hydrogens (tertiary/aromatic N) is 2. The lowest BCUT2D eigenvalue weighted by Gasteiger charge is -2.36. The third-order valence-electron chi connectivity index (χ3n) is 6.34. The van der Waals surface area contributed by atoms with E-state index < -0.39 is 21.7 Å². The molecule has 0 aliphatic carbocycles. The summed E-state index contributed by atoms with van der Waals surface area (Å²) in [5.74, 6) is 0.456. The van der Waals surface area contributed by atoms with Crippen LogP contribution in [-0.4, -0.2) is 61.3 Å². The molecule has 2 heterocycles. The zero-order chi connectivity index (χ0) is 24.4. The Labute approximate surface area is 194 Å². The molecule has 0 saturated carbocycles. The highest BCUT2D eigenvalue weighted by atomic mass is 32.2. The highest BCUT2D eigenvalue weighted by Crippen LogP contribution is 2.55. The molecule has 0 bridgehead atoms. The number of carboxylic acid groups (broad SMARTS) is 1. The SMILES string of the molecule is COc1cccc([C@@H]2N(S(=O)(=O)N(C)C(C)C)CC[C@]23C(=O)Nc2ccccc23)c1.O=CO. The number of carbonyl (C=O) groups is 2. The van der Waals surface area contributed by atoms with Gasteiger partial charge in [0, 0.05) is 25.3 Å². The van der Waals surface area contributed by atoms with Gasteiger partial charge in [0.25, 0.3) is 16.7 Å². The van der Waals surface area contributed by atoms with Gasteiger partial charge in [-0.25, -0.2) is 0 Å². The van der Waals surface area contributed by atoms with Crippen LogP contribution in [0, 0.1) is 0 Å². The molecule has 2 aliphatic heterocycles. The van der Waals surface area contributed by atoms with Crippen molar-refractivity contribution in [2.24, 2.45) is 0 Å². The van der Waals surface area contributed by atoms with E-state index in [2.05, 4.69) is 5.32 Å². The van der Waals surface area contributed by atoms with Gasteiger partial charge >= 0.3 is 0 Å². The first-order chi connectivity index (χ1) is 15.6. The maximum atomic E-state index is 13.6. The molecule has 1 saturated heterocycles. The molecule has 0 radical (unpaired) electrons. The van der Waals surface area contributed by atoms with Crippen LogP contribution in [0.1, 0.15) is 37.4 Å². The molecule has 1 amide bonds. The van der Waals surface area contributed by atoms with Crippen LogP contribution in [0.15, 0.2) is 48.5 Å². The fourth-order valence-electron chi connectivity index (χ4n) is 4.60. The molecule has 1 fully saturated rings. The van der Waals surface area contributed by atoms with Crippen molar-refractivity contribution in [3.63, 3.8) is 0 Å². The second-order valence-electron chi connectivity index (χ2n) is 8.23. The summed E-state index contributed by atoms with van der Waals surface area (Å²) in [5, 5.41) is 9.87. The van der Waals surface area contributed by atoms with E-state index in [9.17, 15) is 13.2 Å². The van der Waals surface area contributed by atoms with Gasteiger partial charge in [-0.15, -0.1) is 0 Å². The fraction of sp³-hybridized carbons (Fsp3) is 0.391. The van der Waals surface area contributed by atoms with Crippen molar-refractivity contribution in [1.29, 1.82) is 0 Å². The van der Waals surface area contributed by atoms with E-state index in [1.807, 2.05) is 62.4 Å². The maximum absolute atomic E-state index is 13.6. The van der Waals surface area contributed by atoms with Gasteiger partial charge in [0.2, 0.25) is 5.91 Å². The first-order valence-electron chi connectivity index (χ1n) is 10.5. The minimum absolute atomic E-state index is 0.165. The lowest BCUT2D eigenvalue weighted by atomic mass is 9.73. The first-order valence-corrected chi connectivity index (χ1v) is 11.9. The van der Waals surface area contributed by atoms with Gasteiger partial charge in [0.15, 0.2) is 0 Å². The molecular formula is C23H29N3O6S. The van der Waals surface area contributed by atoms with Crippen molar-refractivity contribution in [3.05, 3.63) is 59.7 Å². The van der Waals surface area contributed by atoms with Gasteiger partial charge in [-0.3, -0.25) is 9.59 Å². The Morgan fingerprint density at radius 1 is 1.24 bits per heavy atom. The van der Waals surface area contributed by atoms with Crippen LogP contribution in [0.5, 0.6) is 5.75 Å². The third-order valence-corrected chi connectivity index (χ3v) is 8.47. The summed E-state index contributed by atoms with van der Waals surface area (Å²) in [6.45, 7) is 3.67. The Balaban J connectivity index is 0.000000968. The number of carbonyl (C=O) groups excluding carboxylic acids is 1. The Bertz CT molecular complexity index is 1140. The summed E-state index contributed by atoms with van der Waals surface area (Å²) in [6.07, 6.45) is 0.406. The van der Waals surface area contributed by atoms with Gasteiger partial charge in [-0.05, 0) is 49.6 Å². The summed E-state index contributed by atoms with van der Waals surface area (Å²) in [4.78, 5) is 21.8. The van der Waals surface area contributed by atoms with E-state index in [0.29, 0.717) is 12.2 Å². The molecule has 0 aromatic heterocycles. The van der Waals surface area contributed by atoms with Gasteiger partial charge < -0.3 is 15.2 Å². The minimum Gasteiger partial charge on any atom is -0.497 e. The molecular weight excluding hydrogens is 446 g/mol. The molecule has 2 aliphatic rings. The van der Waals surface area contributed by atoms with Crippen LogP contribution in [-0.2, 0) is 25.2 Å². The lowest BCUT2D eigenvalue weighted by Crippen LogP contribution is -2.48. The fourth-order valence-corrected chi connectivity index (χ4v) is 6.35. The summed E-state index contributed by atoms with van der Waals surface area (Å²) in [6, 6.07) is 14.0. The Hall–Kier alpha value is -2.95. The van der Waals surface area contributed by atoms with E-state index in [4.69, 9.17) is 14.6 Å². The molecule has 2 atom stereocenters. The molecule has 2 aromatic carbocycles. The van der Waals surface area contributed by atoms with Crippen LogP contribution < -0.4 is 10.1 Å². The molecule has 4 rings (SSSR count). The normalized spacial score (nSPS) is 22.1. The van der Waals surface area contributed by atoms with E-state index >= 15 is 0 Å². The first kappa shape index (κ1) is 24.7. The number of nitrogens with one attached hydrogen (secondary N) is 1. The van der Waals surface area contributed by atoms with Gasteiger partial charge in [0.05, 0.1) is 18.6 Å². The monoisotopic (exact) mass is 475 g/mol. The number of hydrogen-bond donors (Lipinski definition) is 2. The quantitative estimate of drug-likeness (QED) is 0.642. The molecule has 1 spiro atoms. The predicted molar refractivity (Wildman–Crippen MR) is 124 cm³/mol. The highest BCUT2D eigenvalue weighted by Gasteiger charge is 2.61. The van der Waals surface area contributed by atoms with Crippen molar-refractivity contribution >= 4 is 28.3 Å². The summed E-state index contributed by atoms with van der Waals surface area (Å²) in [7, 11) is -0.647. The van der Waals surface area contributed by atoms with Crippen molar-refractivity contribution in [2.45, 2.75) is 37.8 Å².